The fourth-order valence-corrected chi connectivity index (χ4v) is 3.38. The molecule has 0 fully saturated rings. The van der Waals surface area contributed by atoms with Gasteiger partial charge in [0, 0.05) is 32.3 Å². The highest BCUT2D eigenvalue weighted by Gasteiger charge is 2.07. The molecule has 0 aromatic rings. The summed E-state index contributed by atoms with van der Waals surface area (Å²) in [5.74, 6) is -0.814. The summed E-state index contributed by atoms with van der Waals surface area (Å²) in [6, 6.07) is 0. The number of rotatable bonds is 26. The van der Waals surface area contributed by atoms with Crippen molar-refractivity contribution in [2.45, 2.75) is 122 Å². The van der Waals surface area contributed by atoms with Crippen LogP contribution in [-0.4, -0.2) is 62.0 Å². The number of aliphatic hydroxyl groups is 1. The van der Waals surface area contributed by atoms with Gasteiger partial charge in [-0.2, -0.15) is 0 Å². The summed E-state index contributed by atoms with van der Waals surface area (Å²) < 4.78 is 20.7. The molecule has 0 bridgehead atoms. The molecule has 1 N–H and O–H groups in total. The van der Waals surface area contributed by atoms with Crippen molar-refractivity contribution in [3.05, 3.63) is 0 Å². The first-order valence-electron chi connectivity index (χ1n) is 14.2. The van der Waals surface area contributed by atoms with Crippen LogP contribution in [0.3, 0.4) is 0 Å². The lowest BCUT2D eigenvalue weighted by molar-refractivity contribution is -0.145. The molecule has 0 saturated heterocycles. The average Bonchev–Trinajstić information content (AvgIpc) is 2.88. The van der Waals surface area contributed by atoms with Crippen LogP contribution in [0.2, 0.25) is 0 Å². The highest BCUT2D eigenvalue weighted by molar-refractivity contribution is 5.70. The zero-order chi connectivity index (χ0) is 27.4. The molecule has 0 aliphatic carbocycles. The van der Waals surface area contributed by atoms with Gasteiger partial charge in [0.1, 0.15) is 0 Å². The first kappa shape index (κ1) is 34.8. The first-order chi connectivity index (χ1) is 18.0. The highest BCUT2D eigenvalue weighted by atomic mass is 16.5. The Kier molecular flexibility index (Phi) is 25.3. The van der Waals surface area contributed by atoms with E-state index in [1.165, 1.54) is 0 Å². The smallest absolute Gasteiger partial charge is 0.305 e. The van der Waals surface area contributed by atoms with Gasteiger partial charge < -0.3 is 24.1 Å². The van der Waals surface area contributed by atoms with Crippen LogP contribution < -0.4 is 0 Å². The first-order valence-corrected chi connectivity index (χ1v) is 14.2. The van der Waals surface area contributed by atoms with Gasteiger partial charge in [-0.1, -0.05) is 19.8 Å². The summed E-state index contributed by atoms with van der Waals surface area (Å²) in [6.45, 7) is 3.78. The Labute approximate surface area is 222 Å². The van der Waals surface area contributed by atoms with Gasteiger partial charge in [-0.25, -0.2) is 0 Å². The van der Waals surface area contributed by atoms with Crippen LogP contribution in [0.4, 0.5) is 0 Å². The van der Waals surface area contributed by atoms with E-state index in [0.717, 1.165) is 64.2 Å². The lowest BCUT2D eigenvalue weighted by Crippen LogP contribution is -2.08. The minimum absolute atomic E-state index is 0.150. The molecule has 0 atom stereocenters. The maximum atomic E-state index is 11.8. The lowest BCUT2D eigenvalue weighted by atomic mass is 10.2. The predicted octanol–water partition coefficient (Wildman–Crippen LogP) is 5.19. The Morgan fingerprint density at radius 2 is 0.730 bits per heavy atom. The van der Waals surface area contributed by atoms with E-state index in [-0.39, 0.29) is 30.5 Å². The van der Waals surface area contributed by atoms with Crippen LogP contribution in [0.5, 0.6) is 0 Å². The number of esters is 4. The highest BCUT2D eigenvalue weighted by Crippen LogP contribution is 2.07. The van der Waals surface area contributed by atoms with E-state index < -0.39 is 0 Å². The normalized spacial score (nSPS) is 10.6. The van der Waals surface area contributed by atoms with Gasteiger partial charge in [0.2, 0.25) is 0 Å². The van der Waals surface area contributed by atoms with Gasteiger partial charge in [0.05, 0.1) is 26.4 Å². The van der Waals surface area contributed by atoms with E-state index in [9.17, 15) is 19.2 Å². The molecule has 9 heteroatoms. The van der Waals surface area contributed by atoms with Crippen LogP contribution in [0.25, 0.3) is 0 Å². The summed E-state index contributed by atoms with van der Waals surface area (Å²) in [5.41, 5.74) is 0. The topological polar surface area (TPSA) is 125 Å². The average molecular weight is 531 g/mol. The van der Waals surface area contributed by atoms with Crippen molar-refractivity contribution in [2.75, 3.05) is 33.0 Å². The molecule has 0 aromatic carbocycles. The zero-order valence-electron chi connectivity index (χ0n) is 23.0. The molecule has 216 valence electrons. The second-order valence-corrected chi connectivity index (χ2v) is 9.20. The van der Waals surface area contributed by atoms with Crippen molar-refractivity contribution in [3.8, 4) is 0 Å². The molecule has 0 heterocycles. The van der Waals surface area contributed by atoms with Crippen molar-refractivity contribution in [1.29, 1.82) is 0 Å². The number of aliphatic hydroxyl groups excluding tert-OH is 1. The molecule has 37 heavy (non-hydrogen) atoms. The molecule has 0 unspecified atom stereocenters. The number of hydrogen-bond acceptors (Lipinski definition) is 9. The van der Waals surface area contributed by atoms with Gasteiger partial charge in [-0.3, -0.25) is 19.2 Å². The zero-order valence-corrected chi connectivity index (χ0v) is 23.0. The molecule has 0 rings (SSSR count). The minimum atomic E-state index is -0.227. The Hall–Kier alpha value is -2.16. The van der Waals surface area contributed by atoms with Crippen LogP contribution in [0.1, 0.15) is 122 Å². The summed E-state index contributed by atoms with van der Waals surface area (Å²) in [4.78, 5) is 46.5. The molecule has 0 aliphatic rings. The van der Waals surface area contributed by atoms with Crippen LogP contribution in [0.15, 0.2) is 0 Å². The minimum Gasteiger partial charge on any atom is -0.466 e. The van der Waals surface area contributed by atoms with E-state index in [1.807, 2.05) is 6.92 Å². The molecule has 0 saturated carbocycles. The molecule has 0 spiro atoms. The Bertz CT molecular complexity index is 592. The second kappa shape index (κ2) is 26.9. The fraction of sp³-hybridized carbons (Fsp3) is 0.857. The van der Waals surface area contributed by atoms with Gasteiger partial charge in [0.15, 0.2) is 0 Å². The number of unbranched alkanes of at least 4 members (excludes halogenated alkanes) is 9. The predicted molar refractivity (Wildman–Crippen MR) is 140 cm³/mol. The summed E-state index contributed by atoms with van der Waals surface area (Å²) in [7, 11) is 0. The van der Waals surface area contributed by atoms with E-state index >= 15 is 0 Å². The van der Waals surface area contributed by atoms with E-state index in [1.54, 1.807) is 0 Å². The second-order valence-electron chi connectivity index (χ2n) is 9.20. The Morgan fingerprint density at radius 1 is 0.432 bits per heavy atom. The lowest BCUT2D eigenvalue weighted by Gasteiger charge is -2.07. The van der Waals surface area contributed by atoms with Crippen molar-refractivity contribution >= 4 is 23.9 Å². The Balaban J connectivity index is 3.40. The van der Waals surface area contributed by atoms with Crippen molar-refractivity contribution in [3.63, 3.8) is 0 Å². The molecular weight excluding hydrogens is 480 g/mol. The number of hydrogen-bond donors (Lipinski definition) is 1. The number of carbonyl (C=O) groups excluding carboxylic acids is 4. The van der Waals surface area contributed by atoms with Crippen LogP contribution in [0, 0.1) is 0 Å². The van der Waals surface area contributed by atoms with Gasteiger partial charge in [0.25, 0.3) is 0 Å². The van der Waals surface area contributed by atoms with Gasteiger partial charge in [-0.15, -0.1) is 0 Å². The molecular formula is C28H50O9. The number of carbonyl (C=O) groups is 4. The molecule has 0 aliphatic heterocycles. The van der Waals surface area contributed by atoms with Crippen molar-refractivity contribution in [1.82, 2.24) is 0 Å². The fourth-order valence-electron chi connectivity index (χ4n) is 3.38. The largest absolute Gasteiger partial charge is 0.466 e. The van der Waals surface area contributed by atoms with Crippen molar-refractivity contribution < 1.29 is 43.2 Å². The van der Waals surface area contributed by atoms with E-state index in [0.29, 0.717) is 77.8 Å². The quantitative estimate of drug-likeness (QED) is 0.0913. The maximum absolute atomic E-state index is 11.8. The third-order valence-electron chi connectivity index (χ3n) is 5.66. The third-order valence-corrected chi connectivity index (χ3v) is 5.66. The maximum Gasteiger partial charge on any atom is 0.305 e. The summed E-state index contributed by atoms with van der Waals surface area (Å²) in [5, 5.41) is 8.69. The molecule has 0 amide bonds. The van der Waals surface area contributed by atoms with Crippen LogP contribution in [-0.2, 0) is 38.1 Å². The number of ether oxygens (including phenoxy) is 4. The van der Waals surface area contributed by atoms with Crippen molar-refractivity contribution in [2.24, 2.45) is 0 Å². The van der Waals surface area contributed by atoms with Gasteiger partial charge >= 0.3 is 23.9 Å². The molecule has 9 nitrogen and oxygen atoms in total. The van der Waals surface area contributed by atoms with E-state index in [4.69, 9.17) is 24.1 Å². The Morgan fingerprint density at radius 3 is 1.03 bits per heavy atom. The standard InChI is InChI=1S/C28H50O9/c1-2-3-21-34-25(30)17-9-5-13-23-36-27(32)19-11-7-15-24-37-28(33)18-10-6-14-22-35-26(31)16-8-4-12-20-29/h29H,2-24H2,1H3. The summed E-state index contributed by atoms with van der Waals surface area (Å²) >= 11 is 0. The third kappa shape index (κ3) is 26.7. The van der Waals surface area contributed by atoms with Crippen LogP contribution >= 0.6 is 0 Å². The van der Waals surface area contributed by atoms with E-state index in [2.05, 4.69) is 0 Å². The molecule has 0 aromatic heterocycles. The molecule has 0 radical (unpaired) electrons. The monoisotopic (exact) mass is 530 g/mol. The summed E-state index contributed by atoms with van der Waals surface area (Å²) in [6.07, 6.45) is 12.4. The SMILES string of the molecule is CCCCOC(=O)CCCCCOC(=O)CCCCCOC(=O)CCCCCOC(=O)CCCCCO. The van der Waals surface area contributed by atoms with Gasteiger partial charge in [-0.05, 0) is 77.0 Å².